The molecular weight excluding hydrogens is 721 g/mol. The number of nitrogens with zero attached hydrogens (tertiary/aromatic N) is 2. The van der Waals surface area contributed by atoms with Crippen molar-refractivity contribution in [2.45, 2.75) is 19.3 Å². The third-order valence-corrected chi connectivity index (χ3v) is 12.4. The van der Waals surface area contributed by atoms with Gasteiger partial charge in [0.05, 0.1) is 5.69 Å². The second-order valence-corrected chi connectivity index (χ2v) is 16.1. The van der Waals surface area contributed by atoms with E-state index in [1.54, 1.807) is 0 Å². The summed E-state index contributed by atoms with van der Waals surface area (Å²) in [5.74, 6) is 0. The lowest BCUT2D eigenvalue weighted by atomic mass is 9.81. The molecule has 1 aliphatic carbocycles. The summed E-state index contributed by atoms with van der Waals surface area (Å²) in [6.45, 7) is 4.75. The highest BCUT2D eigenvalue weighted by Gasteiger charge is 2.40. The number of benzene rings is 9. The van der Waals surface area contributed by atoms with E-state index in [1.807, 2.05) is 24.3 Å². The Bertz CT molecular complexity index is 3430. The Balaban J connectivity index is 1.08. The highest BCUT2D eigenvalue weighted by molar-refractivity contribution is 6.12. The van der Waals surface area contributed by atoms with Gasteiger partial charge in [-0.2, -0.15) is 0 Å². The molecule has 0 bridgehead atoms. The first-order valence-corrected chi connectivity index (χ1v) is 20.3. The van der Waals surface area contributed by atoms with Crippen LogP contribution < -0.4 is 9.80 Å². The number of rotatable bonds is 6. The summed E-state index contributed by atoms with van der Waals surface area (Å²) in [5.41, 5.74) is 14.8. The minimum atomic E-state index is -0.310. The second-order valence-electron chi connectivity index (χ2n) is 16.1. The number of anilines is 6. The summed E-state index contributed by atoms with van der Waals surface area (Å²) >= 11 is 0. The second kappa shape index (κ2) is 12.7. The predicted octanol–water partition coefficient (Wildman–Crippen LogP) is 15.9. The van der Waals surface area contributed by atoms with E-state index in [0.29, 0.717) is 0 Å². The average Bonchev–Trinajstić information content (AvgIpc) is 3.91. The SMILES string of the molecule is CC1(C)c2cc(N(c3ccccc3)c3ccc4c(c3)oc3ccccc34)ccc2-c2c1cc1ccccc1c2N(c1ccccc1)c1ccc2c(c1)oc1ccccc12. The van der Waals surface area contributed by atoms with Crippen molar-refractivity contribution in [3.05, 3.63) is 205 Å². The smallest absolute Gasteiger partial charge is 0.137 e. The number of hydrogen-bond donors (Lipinski definition) is 0. The van der Waals surface area contributed by atoms with Crippen LogP contribution in [-0.2, 0) is 5.41 Å². The number of fused-ring (bicyclic) bond motifs is 10. The zero-order chi connectivity index (χ0) is 39.2. The van der Waals surface area contributed by atoms with Crippen molar-refractivity contribution >= 4 is 88.8 Å². The lowest BCUT2D eigenvalue weighted by Gasteiger charge is -2.30. The third kappa shape index (κ3) is 5.09. The van der Waals surface area contributed by atoms with Gasteiger partial charge in [0.25, 0.3) is 0 Å². The maximum atomic E-state index is 6.49. The van der Waals surface area contributed by atoms with E-state index in [4.69, 9.17) is 8.83 Å². The Morgan fingerprint density at radius 2 is 0.831 bits per heavy atom. The van der Waals surface area contributed by atoms with Crippen molar-refractivity contribution in [2.24, 2.45) is 0 Å². The topological polar surface area (TPSA) is 32.8 Å². The Hall–Kier alpha value is -7.56. The van der Waals surface area contributed by atoms with Gasteiger partial charge in [-0.05, 0) is 101 Å². The van der Waals surface area contributed by atoms with Crippen molar-refractivity contribution in [2.75, 3.05) is 9.80 Å². The Morgan fingerprint density at radius 1 is 0.356 bits per heavy atom. The Kier molecular flexibility index (Phi) is 7.24. The molecule has 9 aromatic carbocycles. The van der Waals surface area contributed by atoms with E-state index in [1.165, 1.54) is 33.0 Å². The van der Waals surface area contributed by atoms with Crippen LogP contribution in [0.2, 0.25) is 0 Å². The van der Waals surface area contributed by atoms with E-state index in [9.17, 15) is 0 Å². The molecule has 2 heterocycles. The summed E-state index contributed by atoms with van der Waals surface area (Å²) < 4.78 is 12.9. The molecule has 0 unspecified atom stereocenters. The van der Waals surface area contributed by atoms with E-state index < -0.39 is 0 Å². The van der Waals surface area contributed by atoms with E-state index in [2.05, 4.69) is 194 Å². The maximum absolute atomic E-state index is 6.49. The monoisotopic (exact) mass is 758 g/mol. The van der Waals surface area contributed by atoms with E-state index in [0.717, 1.165) is 78.0 Å². The van der Waals surface area contributed by atoms with Gasteiger partial charge in [0.2, 0.25) is 0 Å². The summed E-state index contributed by atoms with van der Waals surface area (Å²) in [6.07, 6.45) is 0. The highest BCUT2D eigenvalue weighted by atomic mass is 16.3. The van der Waals surface area contributed by atoms with Crippen LogP contribution in [0.25, 0.3) is 65.8 Å². The molecule has 0 N–H and O–H groups in total. The molecule has 4 nitrogen and oxygen atoms in total. The van der Waals surface area contributed by atoms with Crippen LogP contribution in [0.1, 0.15) is 25.0 Å². The van der Waals surface area contributed by atoms with E-state index >= 15 is 0 Å². The lowest BCUT2D eigenvalue weighted by Crippen LogP contribution is -2.17. The van der Waals surface area contributed by atoms with Crippen LogP contribution in [0, 0.1) is 0 Å². The molecule has 0 saturated heterocycles. The number of furan rings is 2. The first-order chi connectivity index (χ1) is 29.0. The molecule has 11 aromatic rings. The van der Waals surface area contributed by atoms with Crippen LogP contribution in [0.15, 0.2) is 203 Å². The van der Waals surface area contributed by atoms with E-state index in [-0.39, 0.29) is 5.41 Å². The molecule has 0 saturated carbocycles. The quantitative estimate of drug-likeness (QED) is 0.169. The molecule has 4 heteroatoms. The van der Waals surface area contributed by atoms with Crippen LogP contribution in [0.4, 0.5) is 34.1 Å². The molecule has 280 valence electrons. The van der Waals surface area contributed by atoms with Gasteiger partial charge < -0.3 is 18.6 Å². The third-order valence-electron chi connectivity index (χ3n) is 12.4. The number of hydrogen-bond acceptors (Lipinski definition) is 4. The zero-order valence-corrected chi connectivity index (χ0v) is 32.7. The van der Waals surface area contributed by atoms with Gasteiger partial charge in [0, 0.05) is 78.5 Å². The molecule has 2 aromatic heterocycles. The molecule has 0 aliphatic heterocycles. The van der Waals surface area contributed by atoms with Gasteiger partial charge in [-0.25, -0.2) is 0 Å². The summed E-state index contributed by atoms with van der Waals surface area (Å²) in [4.78, 5) is 4.79. The Morgan fingerprint density at radius 3 is 1.46 bits per heavy atom. The molecule has 59 heavy (non-hydrogen) atoms. The molecule has 1 aliphatic rings. The summed E-state index contributed by atoms with van der Waals surface area (Å²) in [5, 5.41) is 6.88. The predicted molar refractivity (Wildman–Crippen MR) is 245 cm³/mol. The first kappa shape index (κ1) is 33.6. The molecule has 0 radical (unpaired) electrons. The van der Waals surface area contributed by atoms with Crippen molar-refractivity contribution in [1.29, 1.82) is 0 Å². The standard InChI is InChI=1S/C55H38N2O2/c1-55(2)47-32-38(56(36-16-5-3-6-17-36)39-25-28-44-42-21-11-13-23-49(42)58-51(44)33-39)27-30-46(47)53-48(55)31-35-15-9-10-20-41(35)54(53)57(37-18-7-4-8-19-37)40-26-29-45-43-22-12-14-24-50(43)59-52(45)34-40/h3-34H,1-2H3. The zero-order valence-electron chi connectivity index (χ0n) is 32.7. The van der Waals surface area contributed by atoms with Crippen molar-refractivity contribution < 1.29 is 8.83 Å². The maximum Gasteiger partial charge on any atom is 0.137 e. The van der Waals surface area contributed by atoms with Crippen LogP contribution in [-0.4, -0.2) is 0 Å². The molecule has 12 rings (SSSR count). The largest absolute Gasteiger partial charge is 0.456 e. The van der Waals surface area contributed by atoms with Gasteiger partial charge in [0.1, 0.15) is 22.3 Å². The van der Waals surface area contributed by atoms with Gasteiger partial charge in [0.15, 0.2) is 0 Å². The molecule has 0 spiro atoms. The molecule has 0 fully saturated rings. The van der Waals surface area contributed by atoms with Gasteiger partial charge >= 0.3 is 0 Å². The van der Waals surface area contributed by atoms with Crippen molar-refractivity contribution in [3.8, 4) is 11.1 Å². The van der Waals surface area contributed by atoms with Crippen LogP contribution in [0.3, 0.4) is 0 Å². The highest BCUT2D eigenvalue weighted by Crippen LogP contribution is 2.58. The summed E-state index contributed by atoms with van der Waals surface area (Å²) in [6, 6.07) is 69.5. The van der Waals surface area contributed by atoms with Crippen LogP contribution in [0.5, 0.6) is 0 Å². The fourth-order valence-corrected chi connectivity index (χ4v) is 9.59. The van der Waals surface area contributed by atoms with Crippen molar-refractivity contribution in [3.63, 3.8) is 0 Å². The first-order valence-electron chi connectivity index (χ1n) is 20.3. The fourth-order valence-electron chi connectivity index (χ4n) is 9.59. The lowest BCUT2D eigenvalue weighted by molar-refractivity contribution is 0.661. The number of para-hydroxylation sites is 4. The molecular formula is C55H38N2O2. The Labute approximate surface area is 341 Å². The van der Waals surface area contributed by atoms with Gasteiger partial charge in [-0.15, -0.1) is 0 Å². The van der Waals surface area contributed by atoms with Crippen LogP contribution >= 0.6 is 0 Å². The average molecular weight is 759 g/mol. The minimum absolute atomic E-state index is 0.310. The minimum Gasteiger partial charge on any atom is -0.456 e. The molecule has 0 atom stereocenters. The molecule has 0 amide bonds. The normalized spacial score (nSPS) is 13.1. The van der Waals surface area contributed by atoms with Gasteiger partial charge in [-0.1, -0.05) is 117 Å². The van der Waals surface area contributed by atoms with Crippen molar-refractivity contribution in [1.82, 2.24) is 0 Å². The van der Waals surface area contributed by atoms with Gasteiger partial charge in [-0.3, -0.25) is 0 Å². The fraction of sp³-hybridized carbons (Fsp3) is 0.0545. The summed E-state index contributed by atoms with van der Waals surface area (Å²) in [7, 11) is 0.